The van der Waals surface area contributed by atoms with Gasteiger partial charge in [-0.15, -0.1) is 0 Å². The monoisotopic (exact) mass is 195 g/mol. The molecule has 0 aromatic rings. The zero-order chi connectivity index (χ0) is 8.27. The molecule has 1 heterocycles. The Kier molecular flexibility index (Phi) is 3.54. The van der Waals surface area contributed by atoms with E-state index in [9.17, 15) is 9.90 Å². The highest BCUT2D eigenvalue weighted by molar-refractivity contribution is 8.66. The predicted molar refractivity (Wildman–Crippen MR) is 47.6 cm³/mol. The normalized spacial score (nSPS) is 31.5. The van der Waals surface area contributed by atoms with Gasteiger partial charge in [0.25, 0.3) is 0 Å². The van der Waals surface area contributed by atoms with E-state index in [1.165, 1.54) is 17.7 Å². The van der Waals surface area contributed by atoms with E-state index >= 15 is 0 Å². The van der Waals surface area contributed by atoms with Gasteiger partial charge in [-0.25, -0.2) is 0 Å². The lowest BCUT2D eigenvalue weighted by Gasteiger charge is -2.21. The third kappa shape index (κ3) is 2.92. The topological polar surface area (TPSA) is 46.5 Å². The number of carbonyl (C=O) groups excluding carboxylic acids is 1. The van der Waals surface area contributed by atoms with Gasteiger partial charge in [0.2, 0.25) is 0 Å². The highest BCUT2D eigenvalue weighted by Gasteiger charge is 2.31. The molecule has 11 heavy (non-hydrogen) atoms. The van der Waals surface area contributed by atoms with Crippen molar-refractivity contribution in [1.29, 1.82) is 0 Å². The maximum atomic E-state index is 10.5. The molecule has 0 radical (unpaired) electrons. The average Bonchev–Trinajstić information content (AvgIpc) is 1.93. The van der Waals surface area contributed by atoms with Gasteiger partial charge in [-0.05, 0) is 0 Å². The summed E-state index contributed by atoms with van der Waals surface area (Å²) in [7, 11) is 2.86. The first kappa shape index (κ1) is 9.22. The molecule has 0 bridgehead atoms. The van der Waals surface area contributed by atoms with E-state index in [1.807, 2.05) is 0 Å². The lowest BCUT2D eigenvalue weighted by Crippen LogP contribution is -2.38. The van der Waals surface area contributed by atoms with Crippen molar-refractivity contribution in [3.05, 3.63) is 0 Å². The molecule has 1 saturated heterocycles. The SMILES string of the molecule is CC(=O)O[C@H]1CS[SH+]C[C@@H]1O. The van der Waals surface area contributed by atoms with Crippen LogP contribution in [-0.4, -0.2) is 34.8 Å². The number of ether oxygens (including phenoxy) is 1. The van der Waals surface area contributed by atoms with E-state index in [0.29, 0.717) is 11.5 Å². The van der Waals surface area contributed by atoms with Crippen LogP contribution in [0, 0.1) is 0 Å². The Morgan fingerprint density at radius 1 is 1.82 bits per heavy atom. The van der Waals surface area contributed by atoms with Crippen LogP contribution in [0.4, 0.5) is 0 Å². The molecule has 0 aromatic carbocycles. The van der Waals surface area contributed by atoms with Crippen molar-refractivity contribution >= 4 is 27.6 Å². The smallest absolute Gasteiger partial charge is 0.303 e. The van der Waals surface area contributed by atoms with Crippen molar-refractivity contribution in [2.45, 2.75) is 19.1 Å². The summed E-state index contributed by atoms with van der Waals surface area (Å²) >= 11 is 0. The molecule has 1 aliphatic heterocycles. The van der Waals surface area contributed by atoms with Gasteiger partial charge < -0.3 is 9.84 Å². The third-order valence-corrected chi connectivity index (χ3v) is 3.96. The number of thiol groups is 1. The van der Waals surface area contributed by atoms with Crippen LogP contribution in [-0.2, 0) is 20.3 Å². The van der Waals surface area contributed by atoms with E-state index in [2.05, 4.69) is 0 Å². The summed E-state index contributed by atoms with van der Waals surface area (Å²) in [6.07, 6.45) is -0.763. The molecule has 5 heteroatoms. The fourth-order valence-corrected chi connectivity index (χ4v) is 3.38. The molecular weight excluding hydrogens is 184 g/mol. The second kappa shape index (κ2) is 4.23. The summed E-state index contributed by atoms with van der Waals surface area (Å²) < 4.78 is 4.89. The Morgan fingerprint density at radius 2 is 2.55 bits per heavy atom. The standard InChI is InChI=1S/C6H10O3S2/c1-4(7)9-6-3-11-10-2-5(6)8/h5-6,8H,2-3H2,1H3/p+1/t5-,6-/m0/s1. The number of hydrogen-bond donors (Lipinski definition) is 1. The van der Waals surface area contributed by atoms with Gasteiger partial charge in [0.15, 0.2) is 0 Å². The van der Waals surface area contributed by atoms with Gasteiger partial charge in [-0.1, -0.05) is 0 Å². The second-order valence-corrected chi connectivity index (χ2v) is 5.09. The zero-order valence-corrected chi connectivity index (χ0v) is 7.90. The quantitative estimate of drug-likeness (QED) is 0.271. The van der Waals surface area contributed by atoms with Crippen LogP contribution in [0.2, 0.25) is 0 Å². The number of aliphatic hydroxyl groups is 1. The van der Waals surface area contributed by atoms with Crippen molar-refractivity contribution < 1.29 is 14.6 Å². The summed E-state index contributed by atoms with van der Waals surface area (Å²) in [5.74, 6) is 1.10. The first-order valence-electron chi connectivity index (χ1n) is 3.34. The Hall–Kier alpha value is 0.130. The highest BCUT2D eigenvalue weighted by Crippen LogP contribution is 2.18. The molecule has 0 aromatic heterocycles. The summed E-state index contributed by atoms with van der Waals surface area (Å²) in [6, 6.07) is 0. The van der Waals surface area contributed by atoms with Crippen LogP contribution < -0.4 is 0 Å². The fourth-order valence-electron chi connectivity index (χ4n) is 0.810. The Labute approximate surface area is 73.3 Å². The summed E-state index contributed by atoms with van der Waals surface area (Å²) in [5, 5.41) is 9.32. The minimum atomic E-state index is -0.471. The molecule has 0 saturated carbocycles. The van der Waals surface area contributed by atoms with Gasteiger partial charge in [0.1, 0.15) is 18.0 Å². The number of rotatable bonds is 1. The number of aliphatic hydroxyl groups excluding tert-OH is 1. The first-order chi connectivity index (χ1) is 5.20. The van der Waals surface area contributed by atoms with E-state index in [1.54, 1.807) is 10.8 Å². The van der Waals surface area contributed by atoms with E-state index in [-0.39, 0.29) is 12.1 Å². The van der Waals surface area contributed by atoms with Crippen molar-refractivity contribution in [2.75, 3.05) is 11.5 Å². The molecule has 0 aliphatic carbocycles. The Bertz CT molecular complexity index is 151. The van der Waals surface area contributed by atoms with E-state index < -0.39 is 6.10 Å². The lowest BCUT2D eigenvalue weighted by molar-refractivity contribution is -0.149. The van der Waals surface area contributed by atoms with Crippen LogP contribution >= 0.6 is 10.8 Å². The van der Waals surface area contributed by atoms with Gasteiger partial charge in [0.05, 0.1) is 16.5 Å². The molecule has 1 N–H and O–H groups in total. The molecular formula is C6H11O3S2+. The van der Waals surface area contributed by atoms with E-state index in [0.717, 1.165) is 0 Å². The summed E-state index contributed by atoms with van der Waals surface area (Å²) in [5.41, 5.74) is 0. The van der Waals surface area contributed by atoms with Crippen molar-refractivity contribution in [1.82, 2.24) is 0 Å². The number of esters is 1. The Balaban J connectivity index is 2.35. The molecule has 1 rings (SSSR count). The first-order valence-corrected chi connectivity index (χ1v) is 6.01. The van der Waals surface area contributed by atoms with Crippen molar-refractivity contribution in [2.24, 2.45) is 0 Å². The largest absolute Gasteiger partial charge is 0.459 e. The molecule has 0 amide bonds. The fraction of sp³-hybridized carbons (Fsp3) is 0.833. The minimum absolute atomic E-state index is 0.293. The van der Waals surface area contributed by atoms with Crippen LogP contribution in [0.25, 0.3) is 0 Å². The zero-order valence-electron chi connectivity index (χ0n) is 6.19. The van der Waals surface area contributed by atoms with Crippen LogP contribution in [0.1, 0.15) is 6.92 Å². The molecule has 1 fully saturated rings. The van der Waals surface area contributed by atoms with E-state index in [4.69, 9.17) is 4.74 Å². The highest BCUT2D eigenvalue weighted by atomic mass is 33.1. The average molecular weight is 195 g/mol. The van der Waals surface area contributed by atoms with Crippen molar-refractivity contribution in [3.63, 3.8) is 0 Å². The number of hydrogen-bond acceptors (Lipinski definition) is 4. The molecule has 0 spiro atoms. The van der Waals surface area contributed by atoms with Crippen molar-refractivity contribution in [3.8, 4) is 0 Å². The summed E-state index contributed by atoms with van der Waals surface area (Å²) in [6.45, 7) is 1.36. The van der Waals surface area contributed by atoms with Gasteiger partial charge in [-0.2, -0.15) is 0 Å². The Morgan fingerprint density at radius 3 is 3.09 bits per heavy atom. The van der Waals surface area contributed by atoms with Crippen LogP contribution in [0.5, 0.6) is 0 Å². The lowest BCUT2D eigenvalue weighted by atomic mass is 10.2. The molecule has 0 unspecified atom stereocenters. The van der Waals surface area contributed by atoms with Gasteiger partial charge >= 0.3 is 5.97 Å². The predicted octanol–water partition coefficient (Wildman–Crippen LogP) is -0.244. The van der Waals surface area contributed by atoms with Gasteiger partial charge in [0, 0.05) is 17.7 Å². The molecule has 2 atom stereocenters. The maximum Gasteiger partial charge on any atom is 0.303 e. The molecule has 64 valence electrons. The second-order valence-electron chi connectivity index (χ2n) is 2.32. The third-order valence-electron chi connectivity index (χ3n) is 1.34. The van der Waals surface area contributed by atoms with Gasteiger partial charge in [-0.3, -0.25) is 4.79 Å². The minimum Gasteiger partial charge on any atom is -0.459 e. The number of carbonyl (C=O) groups is 1. The molecule has 1 aliphatic rings. The molecule has 3 nitrogen and oxygen atoms in total. The van der Waals surface area contributed by atoms with Crippen LogP contribution in [0.3, 0.4) is 0 Å². The summed E-state index contributed by atoms with van der Waals surface area (Å²) in [4.78, 5) is 10.5. The van der Waals surface area contributed by atoms with Crippen LogP contribution in [0.15, 0.2) is 0 Å². The maximum absolute atomic E-state index is 10.5.